The van der Waals surface area contributed by atoms with Gasteiger partial charge in [0.25, 0.3) is 0 Å². The van der Waals surface area contributed by atoms with Crippen molar-refractivity contribution in [3.8, 4) is 0 Å². The third kappa shape index (κ3) is 1.10. The molecule has 0 amide bonds. The first-order valence-electron chi connectivity index (χ1n) is 1.11. The molecule has 5 heteroatoms. The fraction of sp³-hybridized carbons (Fsp3) is 0. The molecule has 1 fully saturated rings. The van der Waals surface area contributed by atoms with E-state index in [2.05, 4.69) is 12.2 Å². The summed E-state index contributed by atoms with van der Waals surface area (Å²) < 4.78 is 9.50. The van der Waals surface area contributed by atoms with Gasteiger partial charge in [-0.25, -0.2) is 0 Å². The standard InChI is InChI=1S/CO2SSe2/c4-1-2-5-6-3-1. The molecule has 34 valence electrons. The molecule has 0 spiro atoms. The van der Waals surface area contributed by atoms with Crippen LogP contribution in [0, 0.1) is 0 Å². The molecule has 2 nitrogen and oxygen atoms in total. The summed E-state index contributed by atoms with van der Waals surface area (Å²) in [6.07, 6.45) is 0. The molecule has 0 saturated carbocycles. The van der Waals surface area contributed by atoms with Crippen LogP contribution in [0.15, 0.2) is 0 Å². The zero-order valence-corrected chi connectivity index (χ0v) is 6.78. The van der Waals surface area contributed by atoms with Crippen molar-refractivity contribution in [2.24, 2.45) is 0 Å². The molecular weight excluding hydrogens is 234 g/mol. The normalized spacial score (nSPS) is 19.7. The molecule has 1 saturated heterocycles. The number of rotatable bonds is 0. The predicted molar refractivity (Wildman–Crippen MR) is 26.3 cm³/mol. The first kappa shape index (κ1) is 4.88. The average Bonchev–Trinajstić information content (AvgIpc) is 1.86. The number of hydrogen-bond acceptors (Lipinski definition) is 3. The van der Waals surface area contributed by atoms with Gasteiger partial charge in [-0.1, -0.05) is 0 Å². The van der Waals surface area contributed by atoms with Gasteiger partial charge < -0.3 is 0 Å². The summed E-state index contributed by atoms with van der Waals surface area (Å²) in [4.78, 5) is 0. The van der Waals surface area contributed by atoms with Crippen LogP contribution < -0.4 is 0 Å². The van der Waals surface area contributed by atoms with Crippen LogP contribution in [0.1, 0.15) is 0 Å². The van der Waals surface area contributed by atoms with Crippen LogP contribution in [0.2, 0.25) is 0 Å². The molecule has 0 aromatic heterocycles. The molecule has 0 radical (unpaired) electrons. The molecule has 0 aromatic rings. The van der Waals surface area contributed by atoms with Gasteiger partial charge in [-0.05, 0) is 0 Å². The second-order valence-corrected chi connectivity index (χ2v) is 5.12. The van der Waals surface area contributed by atoms with E-state index < -0.39 is 0 Å². The Bertz CT molecular complexity index is 65.9. The molecule has 0 atom stereocenters. The van der Waals surface area contributed by atoms with Gasteiger partial charge in [0.15, 0.2) is 0 Å². The molecule has 0 aromatic carbocycles. The van der Waals surface area contributed by atoms with Crippen LogP contribution >= 0.6 is 12.2 Å². The molecule has 0 bridgehead atoms. The predicted octanol–water partition coefficient (Wildman–Crippen LogP) is -0.529. The quantitative estimate of drug-likeness (QED) is 0.414. The van der Waals surface area contributed by atoms with E-state index in [-0.39, 0.29) is 26.9 Å². The fourth-order valence-corrected chi connectivity index (χ4v) is 4.12. The van der Waals surface area contributed by atoms with Gasteiger partial charge in [0.2, 0.25) is 0 Å². The van der Waals surface area contributed by atoms with Crippen molar-refractivity contribution in [1.82, 2.24) is 0 Å². The van der Waals surface area contributed by atoms with Gasteiger partial charge >= 0.3 is 52.0 Å². The Morgan fingerprint density at radius 2 is 1.83 bits per heavy atom. The van der Waals surface area contributed by atoms with E-state index in [1.807, 2.05) is 0 Å². The van der Waals surface area contributed by atoms with Crippen LogP contribution in [0.25, 0.3) is 0 Å². The summed E-state index contributed by atoms with van der Waals surface area (Å²) in [5.74, 6) is 0. The summed E-state index contributed by atoms with van der Waals surface area (Å²) in [5.41, 5.74) is 0. The molecule has 0 N–H and O–H groups in total. The Hall–Kier alpha value is 0.729. The summed E-state index contributed by atoms with van der Waals surface area (Å²) in [6.45, 7) is 0. The van der Waals surface area contributed by atoms with E-state index in [4.69, 9.17) is 7.64 Å². The zero-order chi connectivity index (χ0) is 4.41. The first-order valence-corrected chi connectivity index (χ1v) is 7.25. The monoisotopic (exact) mass is 236 g/mol. The maximum absolute atomic E-state index is 4.75. The Labute approximate surface area is 52.1 Å². The van der Waals surface area contributed by atoms with Gasteiger partial charge in [-0.2, -0.15) is 0 Å². The molecule has 6 heavy (non-hydrogen) atoms. The SMILES string of the molecule is S=C1O[Se][Se]O1. The summed E-state index contributed by atoms with van der Waals surface area (Å²) in [5, 5.41) is 0.343. The second kappa shape index (κ2) is 2.14. The van der Waals surface area contributed by atoms with E-state index in [1.54, 1.807) is 0 Å². The average molecular weight is 234 g/mol. The van der Waals surface area contributed by atoms with Crippen molar-refractivity contribution >= 4 is 44.4 Å². The Balaban J connectivity index is 2.37. The molecular formula is CO2SSe2. The van der Waals surface area contributed by atoms with Gasteiger partial charge in [0, 0.05) is 0 Å². The Kier molecular flexibility index (Phi) is 1.74. The van der Waals surface area contributed by atoms with Crippen molar-refractivity contribution in [3.63, 3.8) is 0 Å². The summed E-state index contributed by atoms with van der Waals surface area (Å²) >= 11 is 4.99. The number of thiocarbonyl (C=S) groups is 1. The van der Waals surface area contributed by atoms with Gasteiger partial charge in [-0.15, -0.1) is 0 Å². The molecule has 1 heterocycles. The third-order valence-corrected chi connectivity index (χ3v) is 4.00. The van der Waals surface area contributed by atoms with E-state index in [9.17, 15) is 0 Å². The molecule has 0 aliphatic carbocycles. The zero-order valence-electron chi connectivity index (χ0n) is 2.54. The van der Waals surface area contributed by atoms with Crippen molar-refractivity contribution < 1.29 is 7.64 Å². The van der Waals surface area contributed by atoms with Crippen LogP contribution in [0.4, 0.5) is 0 Å². The van der Waals surface area contributed by atoms with Crippen molar-refractivity contribution in [1.29, 1.82) is 0 Å². The maximum atomic E-state index is 4.75. The van der Waals surface area contributed by atoms with E-state index in [1.165, 1.54) is 0 Å². The van der Waals surface area contributed by atoms with Crippen molar-refractivity contribution in [3.05, 3.63) is 0 Å². The molecule has 1 aliphatic rings. The van der Waals surface area contributed by atoms with Crippen molar-refractivity contribution in [2.75, 3.05) is 0 Å². The topological polar surface area (TPSA) is 18.5 Å². The molecule has 1 rings (SSSR count). The van der Waals surface area contributed by atoms with Gasteiger partial charge in [0.1, 0.15) is 0 Å². The number of hydrogen-bond donors (Lipinski definition) is 0. The second-order valence-electron chi connectivity index (χ2n) is 0.553. The van der Waals surface area contributed by atoms with E-state index in [0.29, 0.717) is 5.24 Å². The minimum absolute atomic E-state index is 0.240. The van der Waals surface area contributed by atoms with Gasteiger partial charge in [0.05, 0.1) is 0 Å². The van der Waals surface area contributed by atoms with Crippen LogP contribution in [-0.4, -0.2) is 32.2 Å². The summed E-state index contributed by atoms with van der Waals surface area (Å²) in [6, 6.07) is 0. The van der Waals surface area contributed by atoms with Crippen LogP contribution in [0.3, 0.4) is 0 Å². The summed E-state index contributed by atoms with van der Waals surface area (Å²) in [7, 11) is 0. The van der Waals surface area contributed by atoms with Crippen molar-refractivity contribution in [2.45, 2.75) is 0 Å². The van der Waals surface area contributed by atoms with Gasteiger partial charge in [-0.3, -0.25) is 0 Å². The Morgan fingerprint density at radius 1 is 1.33 bits per heavy atom. The van der Waals surface area contributed by atoms with E-state index >= 15 is 0 Å². The molecule has 0 unspecified atom stereocenters. The van der Waals surface area contributed by atoms with Crippen LogP contribution in [-0.2, 0) is 7.64 Å². The third-order valence-electron chi connectivity index (χ3n) is 0.232. The molecule has 1 aliphatic heterocycles. The fourth-order valence-electron chi connectivity index (χ4n) is 0.0972. The van der Waals surface area contributed by atoms with Crippen LogP contribution in [0.5, 0.6) is 0 Å². The van der Waals surface area contributed by atoms with E-state index in [0.717, 1.165) is 0 Å². The first-order chi connectivity index (χ1) is 2.89. The Morgan fingerprint density at radius 3 is 2.00 bits per heavy atom. The minimum atomic E-state index is 0.240.